The second-order valence-corrected chi connectivity index (χ2v) is 11.2. The lowest BCUT2D eigenvalue weighted by Gasteiger charge is -2.30. The Kier molecular flexibility index (Phi) is 7.54. The molecule has 2 aliphatic carbocycles. The minimum absolute atomic E-state index is 0.0405. The predicted octanol–water partition coefficient (Wildman–Crippen LogP) is 7.78. The van der Waals surface area contributed by atoms with Crippen molar-refractivity contribution in [2.75, 3.05) is 0 Å². The molecule has 0 atom stereocenters. The Morgan fingerprint density at radius 1 is 0.688 bits per heavy atom. The Hall–Kier alpha value is -1.89. The van der Waals surface area contributed by atoms with E-state index in [9.17, 15) is 5.26 Å². The highest BCUT2D eigenvalue weighted by molar-refractivity contribution is 5.42. The first-order valence-electron chi connectivity index (χ1n) is 13.4. The van der Waals surface area contributed by atoms with E-state index in [1.165, 1.54) is 96.3 Å². The molecule has 2 aliphatic rings. The van der Waals surface area contributed by atoms with Crippen LogP contribution in [0.3, 0.4) is 0 Å². The molecule has 0 N–H and O–H groups in total. The van der Waals surface area contributed by atoms with Crippen molar-refractivity contribution >= 4 is 5.78 Å². The Bertz CT molecular complexity index is 915. The predicted molar refractivity (Wildman–Crippen MR) is 131 cm³/mol. The van der Waals surface area contributed by atoms with Crippen molar-refractivity contribution in [1.82, 2.24) is 14.4 Å². The molecule has 0 spiro atoms. The standard InChI is InChI=1S/C28H42N4/c1-27(16-12-8-4-3-5-9-13-17-27)24-20-23(21-29)32-22-25(31-26(32)30-24)28(2)18-14-10-6-7-11-15-19-28/h20,22H,3-19H2,1-2H3. The van der Waals surface area contributed by atoms with E-state index in [2.05, 4.69) is 32.2 Å². The first kappa shape index (κ1) is 23.3. The molecule has 2 heterocycles. The molecule has 0 aromatic carbocycles. The van der Waals surface area contributed by atoms with E-state index < -0.39 is 0 Å². The summed E-state index contributed by atoms with van der Waals surface area (Å²) in [5.74, 6) is 0.730. The Morgan fingerprint density at radius 3 is 1.56 bits per heavy atom. The smallest absolute Gasteiger partial charge is 0.235 e. The molecule has 4 heteroatoms. The second-order valence-electron chi connectivity index (χ2n) is 11.2. The summed E-state index contributed by atoms with van der Waals surface area (Å²) in [5, 5.41) is 10.0. The fraction of sp³-hybridized carbons (Fsp3) is 0.750. The highest BCUT2D eigenvalue weighted by Gasteiger charge is 2.32. The molecule has 0 unspecified atom stereocenters. The van der Waals surface area contributed by atoms with Gasteiger partial charge in [-0.15, -0.1) is 0 Å². The topological polar surface area (TPSA) is 54.0 Å². The number of aromatic nitrogens is 3. The molecule has 0 saturated heterocycles. The number of rotatable bonds is 2. The van der Waals surface area contributed by atoms with Gasteiger partial charge in [-0.1, -0.05) is 97.3 Å². The van der Waals surface area contributed by atoms with E-state index in [0.29, 0.717) is 5.69 Å². The van der Waals surface area contributed by atoms with Gasteiger partial charge in [0.15, 0.2) is 0 Å². The zero-order valence-corrected chi connectivity index (χ0v) is 20.5. The van der Waals surface area contributed by atoms with Crippen LogP contribution in [0.15, 0.2) is 12.3 Å². The third-order valence-corrected chi connectivity index (χ3v) is 8.46. The largest absolute Gasteiger partial charge is 0.274 e. The van der Waals surface area contributed by atoms with Crippen LogP contribution >= 0.6 is 0 Å². The van der Waals surface area contributed by atoms with Crippen LogP contribution in [0.25, 0.3) is 5.78 Å². The van der Waals surface area contributed by atoms with Crippen LogP contribution in [0.2, 0.25) is 0 Å². The van der Waals surface area contributed by atoms with Gasteiger partial charge in [-0.2, -0.15) is 5.26 Å². The average molecular weight is 435 g/mol. The third kappa shape index (κ3) is 5.19. The van der Waals surface area contributed by atoms with Crippen LogP contribution in [0.5, 0.6) is 0 Å². The van der Waals surface area contributed by atoms with E-state index in [1.54, 1.807) is 0 Å². The first-order chi connectivity index (χ1) is 15.5. The van der Waals surface area contributed by atoms with Crippen LogP contribution in [-0.4, -0.2) is 14.4 Å². The molecular weight excluding hydrogens is 392 g/mol. The molecule has 0 amide bonds. The van der Waals surface area contributed by atoms with E-state index in [0.717, 1.165) is 30.0 Å². The maximum absolute atomic E-state index is 10.0. The number of fused-ring (bicyclic) bond motifs is 1. The van der Waals surface area contributed by atoms with E-state index in [4.69, 9.17) is 9.97 Å². The highest BCUT2D eigenvalue weighted by Crippen LogP contribution is 2.38. The van der Waals surface area contributed by atoms with E-state index in [1.807, 2.05) is 4.40 Å². The van der Waals surface area contributed by atoms with Gasteiger partial charge in [-0.05, 0) is 31.7 Å². The lowest BCUT2D eigenvalue weighted by Crippen LogP contribution is -2.25. The van der Waals surface area contributed by atoms with Gasteiger partial charge in [0.05, 0.1) is 11.4 Å². The zero-order valence-electron chi connectivity index (χ0n) is 20.5. The van der Waals surface area contributed by atoms with Gasteiger partial charge >= 0.3 is 0 Å². The molecule has 2 aromatic heterocycles. The summed E-state index contributed by atoms with van der Waals surface area (Å²) in [6.07, 6.45) is 24.0. The molecule has 0 bridgehead atoms. The fourth-order valence-electron chi connectivity index (χ4n) is 6.07. The summed E-state index contributed by atoms with van der Waals surface area (Å²) in [6, 6.07) is 4.53. The van der Waals surface area contributed by atoms with Crippen LogP contribution in [0.1, 0.15) is 140 Å². The van der Waals surface area contributed by atoms with Crippen molar-refractivity contribution < 1.29 is 0 Å². The van der Waals surface area contributed by atoms with Gasteiger partial charge in [0.25, 0.3) is 0 Å². The summed E-state index contributed by atoms with van der Waals surface area (Å²) in [6.45, 7) is 4.76. The molecule has 32 heavy (non-hydrogen) atoms. The molecule has 2 saturated carbocycles. The van der Waals surface area contributed by atoms with E-state index >= 15 is 0 Å². The molecular formula is C28H42N4. The molecule has 0 aliphatic heterocycles. The number of hydrogen-bond acceptors (Lipinski definition) is 3. The molecule has 0 radical (unpaired) electrons. The minimum Gasteiger partial charge on any atom is -0.274 e. The Balaban J connectivity index is 1.69. The third-order valence-electron chi connectivity index (χ3n) is 8.46. The maximum atomic E-state index is 10.0. The van der Waals surface area contributed by atoms with Gasteiger partial charge in [0.2, 0.25) is 5.78 Å². The summed E-state index contributed by atoms with van der Waals surface area (Å²) in [7, 11) is 0. The highest BCUT2D eigenvalue weighted by atomic mass is 15.1. The average Bonchev–Trinajstić information content (AvgIpc) is 3.27. The first-order valence-corrected chi connectivity index (χ1v) is 13.4. The molecule has 174 valence electrons. The molecule has 4 rings (SSSR count). The van der Waals surface area contributed by atoms with Crippen molar-refractivity contribution in [2.45, 2.75) is 134 Å². The van der Waals surface area contributed by atoms with Crippen LogP contribution in [-0.2, 0) is 10.8 Å². The van der Waals surface area contributed by atoms with E-state index in [-0.39, 0.29) is 10.8 Å². The summed E-state index contributed by atoms with van der Waals surface area (Å²) in [5.41, 5.74) is 3.04. The Labute approximate surface area is 194 Å². The second kappa shape index (κ2) is 10.4. The number of nitrogens with zero attached hydrogens (tertiary/aromatic N) is 4. The van der Waals surface area contributed by atoms with Crippen LogP contribution in [0, 0.1) is 11.3 Å². The van der Waals surface area contributed by atoms with Crippen molar-refractivity contribution in [1.29, 1.82) is 5.26 Å². The summed E-state index contributed by atoms with van der Waals surface area (Å²) >= 11 is 0. The molecule has 2 aromatic rings. The van der Waals surface area contributed by atoms with Crippen molar-refractivity contribution in [2.24, 2.45) is 0 Å². The summed E-state index contributed by atoms with van der Waals surface area (Å²) < 4.78 is 1.96. The zero-order chi connectivity index (χ0) is 22.4. The maximum Gasteiger partial charge on any atom is 0.235 e. The van der Waals surface area contributed by atoms with Crippen LogP contribution < -0.4 is 0 Å². The lowest BCUT2D eigenvalue weighted by molar-refractivity contribution is 0.343. The number of imidazole rings is 1. The van der Waals surface area contributed by atoms with Gasteiger partial charge in [-0.25, -0.2) is 9.97 Å². The van der Waals surface area contributed by atoms with Crippen molar-refractivity contribution in [3.63, 3.8) is 0 Å². The number of nitriles is 1. The Morgan fingerprint density at radius 2 is 1.09 bits per heavy atom. The lowest BCUT2D eigenvalue weighted by atomic mass is 9.76. The summed E-state index contributed by atoms with van der Waals surface area (Å²) in [4.78, 5) is 10.2. The monoisotopic (exact) mass is 434 g/mol. The number of hydrogen-bond donors (Lipinski definition) is 0. The van der Waals surface area contributed by atoms with Gasteiger partial charge < -0.3 is 0 Å². The molecule has 2 fully saturated rings. The van der Waals surface area contributed by atoms with Crippen molar-refractivity contribution in [3.8, 4) is 6.07 Å². The van der Waals surface area contributed by atoms with Gasteiger partial charge in [0, 0.05) is 17.0 Å². The SMILES string of the molecule is CC1(c2cc(C#N)n3cc(C4(C)CCCCCCCC4)nc3n2)CCCCCCCCC1. The van der Waals surface area contributed by atoms with Gasteiger partial charge in [0.1, 0.15) is 11.8 Å². The fourth-order valence-corrected chi connectivity index (χ4v) is 6.07. The normalized spacial score (nSPS) is 22.9. The van der Waals surface area contributed by atoms with Crippen molar-refractivity contribution in [3.05, 3.63) is 29.3 Å². The van der Waals surface area contributed by atoms with Gasteiger partial charge in [-0.3, -0.25) is 4.40 Å². The quantitative estimate of drug-likeness (QED) is 0.485. The van der Waals surface area contributed by atoms with Crippen LogP contribution in [0.4, 0.5) is 0 Å². The molecule has 4 nitrogen and oxygen atoms in total. The minimum atomic E-state index is 0.0405.